The highest BCUT2D eigenvalue weighted by Gasteiger charge is 2.41. The maximum absolute atomic E-state index is 13.9. The van der Waals surface area contributed by atoms with Crippen LogP contribution in [0.2, 0.25) is 10.0 Å². The van der Waals surface area contributed by atoms with Crippen LogP contribution in [-0.2, 0) is 36.8 Å². The van der Waals surface area contributed by atoms with Crippen molar-refractivity contribution in [2.45, 2.75) is 32.2 Å². The highest BCUT2D eigenvalue weighted by atomic mass is 35.5. The molecule has 1 unspecified atom stereocenters. The highest BCUT2D eigenvalue weighted by molar-refractivity contribution is 7.09. The van der Waals surface area contributed by atoms with E-state index in [9.17, 15) is 29.3 Å². The van der Waals surface area contributed by atoms with E-state index in [1.54, 1.807) is 25.1 Å². The maximum Gasteiger partial charge on any atom is 0.326 e. The van der Waals surface area contributed by atoms with Crippen LogP contribution in [0, 0.1) is 10.1 Å². The number of rotatable bonds is 13. The minimum atomic E-state index is -1.13. The van der Waals surface area contributed by atoms with Gasteiger partial charge in [-0.15, -0.1) is 11.3 Å². The summed E-state index contributed by atoms with van der Waals surface area (Å²) in [6.07, 6.45) is 0.447. The van der Waals surface area contributed by atoms with Crippen LogP contribution in [0.4, 0.5) is 11.4 Å². The van der Waals surface area contributed by atoms with Crippen LogP contribution in [0.3, 0.4) is 0 Å². The van der Waals surface area contributed by atoms with Crippen LogP contribution in [0.1, 0.15) is 23.8 Å². The van der Waals surface area contributed by atoms with E-state index in [1.807, 2.05) is 17.5 Å². The molecule has 0 radical (unpaired) electrons. The molecule has 44 heavy (non-hydrogen) atoms. The predicted molar refractivity (Wildman–Crippen MR) is 167 cm³/mol. The first-order chi connectivity index (χ1) is 21.1. The topological polar surface area (TPSA) is 130 Å². The molecule has 11 nitrogen and oxygen atoms in total. The molecule has 232 valence electrons. The summed E-state index contributed by atoms with van der Waals surface area (Å²) in [7, 11) is 0. The number of amides is 3. The second-order valence-electron chi connectivity index (χ2n) is 9.94. The first-order valence-corrected chi connectivity index (χ1v) is 15.5. The minimum Gasteiger partial charge on any atom is -0.465 e. The molecule has 1 aliphatic heterocycles. The second kappa shape index (κ2) is 15.1. The Morgan fingerprint density at radius 3 is 2.48 bits per heavy atom. The number of hydrogen-bond acceptors (Lipinski definition) is 8. The zero-order valence-electron chi connectivity index (χ0n) is 23.8. The van der Waals surface area contributed by atoms with E-state index in [2.05, 4.69) is 0 Å². The molecule has 1 aromatic heterocycles. The van der Waals surface area contributed by atoms with Crippen LogP contribution in [0.5, 0.6) is 0 Å². The van der Waals surface area contributed by atoms with E-state index in [-0.39, 0.29) is 43.5 Å². The second-order valence-corrected chi connectivity index (χ2v) is 11.8. The van der Waals surface area contributed by atoms with Gasteiger partial charge in [0.25, 0.3) is 5.69 Å². The third kappa shape index (κ3) is 8.34. The molecule has 1 saturated heterocycles. The molecule has 0 N–H and O–H groups in total. The summed E-state index contributed by atoms with van der Waals surface area (Å²) < 4.78 is 5.04. The van der Waals surface area contributed by atoms with Gasteiger partial charge in [0.2, 0.25) is 17.7 Å². The van der Waals surface area contributed by atoms with Crippen molar-refractivity contribution < 1.29 is 28.8 Å². The number of piperazine rings is 1. The standard InChI is InChI=1S/C30H30Cl2N4O7S/c1-2-43-29(39)19-35(22-7-9-23(10-8-22)36(41)42)27(37)17-26-30(40)33(13-11-20-5-6-21(31)16-25(20)32)18-28(38)34(26)14-12-24-4-3-15-44-24/h3-10,15-16,26H,2,11-14,17-19H2,1H3. The van der Waals surface area contributed by atoms with E-state index in [4.69, 9.17) is 27.9 Å². The number of carbonyl (C=O) groups excluding carboxylic acids is 4. The molecular formula is C30H30Cl2N4O7S. The normalized spacial score (nSPS) is 14.9. The Hall–Kier alpha value is -4.00. The summed E-state index contributed by atoms with van der Waals surface area (Å²) in [5.41, 5.74) is 0.770. The lowest BCUT2D eigenvalue weighted by molar-refractivity contribution is -0.384. The van der Waals surface area contributed by atoms with E-state index >= 15 is 0 Å². The van der Waals surface area contributed by atoms with E-state index in [0.29, 0.717) is 22.9 Å². The maximum atomic E-state index is 13.9. The van der Waals surface area contributed by atoms with Crippen molar-refractivity contribution in [3.8, 4) is 0 Å². The Balaban J connectivity index is 1.59. The number of esters is 1. The summed E-state index contributed by atoms with van der Waals surface area (Å²) in [6, 6.07) is 12.9. The van der Waals surface area contributed by atoms with Gasteiger partial charge in [-0.1, -0.05) is 35.3 Å². The van der Waals surface area contributed by atoms with Crippen LogP contribution in [-0.4, -0.2) is 77.2 Å². The fourth-order valence-electron chi connectivity index (χ4n) is 4.87. The van der Waals surface area contributed by atoms with Gasteiger partial charge in [-0.05, 0) is 61.0 Å². The SMILES string of the molecule is CCOC(=O)CN(C(=O)CC1C(=O)N(CCc2ccc(Cl)cc2Cl)CC(=O)N1CCc1cccs1)c1ccc([N+](=O)[O-])cc1. The van der Waals surface area contributed by atoms with Crippen molar-refractivity contribution in [2.75, 3.05) is 37.7 Å². The molecule has 2 heterocycles. The van der Waals surface area contributed by atoms with Crippen LogP contribution in [0.15, 0.2) is 60.0 Å². The van der Waals surface area contributed by atoms with Gasteiger partial charge in [-0.2, -0.15) is 0 Å². The van der Waals surface area contributed by atoms with Crippen molar-refractivity contribution in [2.24, 2.45) is 0 Å². The first kappa shape index (κ1) is 32.9. The Labute approximate surface area is 268 Å². The minimum absolute atomic E-state index is 0.0832. The Morgan fingerprint density at radius 2 is 1.84 bits per heavy atom. The Morgan fingerprint density at radius 1 is 1.09 bits per heavy atom. The number of nitrogens with zero attached hydrogens (tertiary/aromatic N) is 4. The highest BCUT2D eigenvalue weighted by Crippen LogP contribution is 2.25. The number of carbonyl (C=O) groups is 4. The molecule has 0 spiro atoms. The summed E-state index contributed by atoms with van der Waals surface area (Å²) in [5.74, 6) is -2.04. The van der Waals surface area contributed by atoms with Crippen LogP contribution < -0.4 is 4.90 Å². The number of ether oxygens (including phenoxy) is 1. The molecule has 0 aliphatic carbocycles. The van der Waals surface area contributed by atoms with Gasteiger partial charge in [-0.3, -0.25) is 29.3 Å². The lowest BCUT2D eigenvalue weighted by atomic mass is 10.0. The van der Waals surface area contributed by atoms with E-state index < -0.39 is 41.7 Å². The number of thiophene rings is 1. The summed E-state index contributed by atoms with van der Waals surface area (Å²) >= 11 is 13.8. The van der Waals surface area contributed by atoms with Crippen LogP contribution in [0.25, 0.3) is 0 Å². The lowest BCUT2D eigenvalue weighted by Gasteiger charge is -2.40. The number of hydrogen-bond donors (Lipinski definition) is 0. The van der Waals surface area contributed by atoms with Gasteiger partial charge >= 0.3 is 5.97 Å². The van der Waals surface area contributed by atoms with Gasteiger partial charge in [0.1, 0.15) is 12.6 Å². The van der Waals surface area contributed by atoms with Crippen molar-refractivity contribution in [1.29, 1.82) is 0 Å². The number of non-ortho nitro benzene ring substituents is 1. The van der Waals surface area contributed by atoms with E-state index in [1.165, 1.54) is 45.4 Å². The third-order valence-corrected chi connectivity index (χ3v) is 8.62. The van der Waals surface area contributed by atoms with Crippen LogP contribution >= 0.6 is 34.5 Å². The van der Waals surface area contributed by atoms with Gasteiger partial charge in [0.15, 0.2) is 0 Å². The monoisotopic (exact) mass is 660 g/mol. The molecule has 0 saturated carbocycles. The third-order valence-electron chi connectivity index (χ3n) is 7.10. The smallest absolute Gasteiger partial charge is 0.326 e. The molecule has 1 atom stereocenters. The van der Waals surface area contributed by atoms with Gasteiger partial charge < -0.3 is 19.4 Å². The number of halogens is 2. The fraction of sp³-hybridized carbons (Fsp3) is 0.333. The molecular weight excluding hydrogens is 631 g/mol. The average molecular weight is 662 g/mol. The first-order valence-electron chi connectivity index (χ1n) is 13.8. The molecule has 1 fully saturated rings. The summed E-state index contributed by atoms with van der Waals surface area (Å²) in [6.45, 7) is 1.47. The summed E-state index contributed by atoms with van der Waals surface area (Å²) in [4.78, 5) is 69.2. The zero-order chi connectivity index (χ0) is 31.8. The molecule has 14 heteroatoms. The predicted octanol–water partition coefficient (Wildman–Crippen LogP) is 4.77. The lowest BCUT2D eigenvalue weighted by Crippen LogP contribution is -2.61. The van der Waals surface area contributed by atoms with Crippen molar-refractivity contribution in [3.63, 3.8) is 0 Å². The van der Waals surface area contributed by atoms with Gasteiger partial charge in [-0.25, -0.2) is 0 Å². The number of nitro groups is 1. The van der Waals surface area contributed by atoms with Gasteiger partial charge in [0, 0.05) is 45.8 Å². The molecule has 3 aromatic rings. The molecule has 0 bridgehead atoms. The molecule has 1 aliphatic rings. The zero-order valence-corrected chi connectivity index (χ0v) is 26.1. The van der Waals surface area contributed by atoms with E-state index in [0.717, 1.165) is 15.3 Å². The Bertz CT molecular complexity index is 1520. The van der Waals surface area contributed by atoms with Crippen molar-refractivity contribution in [3.05, 3.63) is 90.6 Å². The summed E-state index contributed by atoms with van der Waals surface area (Å²) in [5, 5.41) is 14.0. The van der Waals surface area contributed by atoms with Crippen molar-refractivity contribution in [1.82, 2.24) is 9.80 Å². The quantitative estimate of drug-likeness (QED) is 0.147. The molecule has 2 aromatic carbocycles. The largest absolute Gasteiger partial charge is 0.465 e. The van der Waals surface area contributed by atoms with Crippen molar-refractivity contribution >= 4 is 69.6 Å². The fourth-order valence-corrected chi connectivity index (χ4v) is 6.07. The van der Waals surface area contributed by atoms with Gasteiger partial charge in [0.05, 0.1) is 24.5 Å². The number of benzene rings is 2. The average Bonchev–Trinajstić information content (AvgIpc) is 3.51. The molecule has 3 amide bonds. The molecule has 4 rings (SSSR count). The Kier molecular flexibility index (Phi) is 11.3. The number of nitro benzene ring substituents is 1. The number of anilines is 1.